The van der Waals surface area contributed by atoms with E-state index < -0.39 is 5.97 Å². The van der Waals surface area contributed by atoms with Crippen molar-refractivity contribution in [1.82, 2.24) is 10.2 Å². The van der Waals surface area contributed by atoms with E-state index in [1.807, 2.05) is 36.1 Å². The third-order valence-electron chi connectivity index (χ3n) is 4.85. The van der Waals surface area contributed by atoms with Crippen LogP contribution in [0.4, 0.5) is 0 Å². The van der Waals surface area contributed by atoms with Crippen LogP contribution < -0.4 is 5.32 Å². The average molecular weight is 342 g/mol. The standard InChI is InChI=1S/C19H22N2O4/c1-2-21(11-17(22)23)14-9-13(10-14)20-19(25)16-8-7-12-5-3-4-6-15(12)18(16)24/h3-8,13-14,24H,2,9-11H2,1H3,(H,20,25)(H,22,23). The number of phenols is 1. The molecule has 1 aliphatic rings. The van der Waals surface area contributed by atoms with E-state index in [1.54, 1.807) is 12.1 Å². The van der Waals surface area contributed by atoms with Crippen molar-refractivity contribution >= 4 is 22.6 Å². The molecule has 3 N–H and O–H groups in total. The van der Waals surface area contributed by atoms with Crippen molar-refractivity contribution in [3.63, 3.8) is 0 Å². The summed E-state index contributed by atoms with van der Waals surface area (Å²) in [5.41, 5.74) is 0.264. The van der Waals surface area contributed by atoms with Crippen LogP contribution in [-0.2, 0) is 4.79 Å². The molecule has 0 heterocycles. The first-order valence-corrected chi connectivity index (χ1v) is 8.47. The topological polar surface area (TPSA) is 89.9 Å². The fraction of sp³-hybridized carbons (Fsp3) is 0.368. The predicted octanol–water partition coefficient (Wildman–Crippen LogP) is 2.21. The maximum Gasteiger partial charge on any atom is 0.317 e. The lowest BCUT2D eigenvalue weighted by molar-refractivity contribution is -0.139. The van der Waals surface area contributed by atoms with Crippen LogP contribution in [0.3, 0.4) is 0 Å². The zero-order chi connectivity index (χ0) is 18.0. The first kappa shape index (κ1) is 17.2. The number of fused-ring (bicyclic) bond motifs is 1. The van der Waals surface area contributed by atoms with Gasteiger partial charge in [-0.05, 0) is 30.8 Å². The Kier molecular flexibility index (Phi) is 4.90. The number of carboxylic acids is 1. The molecule has 25 heavy (non-hydrogen) atoms. The lowest BCUT2D eigenvalue weighted by Crippen LogP contribution is -2.54. The Bertz CT molecular complexity index is 799. The van der Waals surface area contributed by atoms with Crippen molar-refractivity contribution in [2.75, 3.05) is 13.1 Å². The molecule has 1 saturated carbocycles. The maximum absolute atomic E-state index is 12.5. The zero-order valence-electron chi connectivity index (χ0n) is 14.1. The molecule has 0 bridgehead atoms. The summed E-state index contributed by atoms with van der Waals surface area (Å²) in [7, 11) is 0. The smallest absolute Gasteiger partial charge is 0.317 e. The Labute approximate surface area is 146 Å². The Balaban J connectivity index is 1.63. The van der Waals surface area contributed by atoms with Gasteiger partial charge >= 0.3 is 5.97 Å². The number of benzene rings is 2. The molecule has 1 fully saturated rings. The lowest BCUT2D eigenvalue weighted by Gasteiger charge is -2.42. The Morgan fingerprint density at radius 2 is 1.92 bits per heavy atom. The number of likely N-dealkylation sites (N-methyl/N-ethyl adjacent to an activating group) is 1. The largest absolute Gasteiger partial charge is 0.506 e. The number of aliphatic carboxylic acids is 1. The number of carbonyl (C=O) groups excluding carboxylic acids is 1. The van der Waals surface area contributed by atoms with Crippen LogP contribution in [0.15, 0.2) is 36.4 Å². The van der Waals surface area contributed by atoms with Gasteiger partial charge < -0.3 is 15.5 Å². The molecule has 0 saturated heterocycles. The third kappa shape index (κ3) is 3.58. The van der Waals surface area contributed by atoms with Crippen molar-refractivity contribution in [3.05, 3.63) is 42.0 Å². The van der Waals surface area contributed by atoms with Crippen LogP contribution in [0.5, 0.6) is 5.75 Å². The molecule has 0 unspecified atom stereocenters. The average Bonchev–Trinajstić information content (AvgIpc) is 2.56. The number of amides is 1. The highest BCUT2D eigenvalue weighted by molar-refractivity contribution is 6.03. The van der Waals surface area contributed by atoms with Gasteiger partial charge in [-0.3, -0.25) is 14.5 Å². The van der Waals surface area contributed by atoms with E-state index in [2.05, 4.69) is 5.32 Å². The Morgan fingerprint density at radius 1 is 1.20 bits per heavy atom. The molecule has 2 aromatic carbocycles. The Hall–Kier alpha value is -2.60. The van der Waals surface area contributed by atoms with E-state index in [0.717, 1.165) is 18.2 Å². The van der Waals surface area contributed by atoms with Gasteiger partial charge in [-0.25, -0.2) is 0 Å². The van der Waals surface area contributed by atoms with Crippen LogP contribution >= 0.6 is 0 Å². The minimum Gasteiger partial charge on any atom is -0.506 e. The highest BCUT2D eigenvalue weighted by Crippen LogP contribution is 2.30. The molecule has 1 aliphatic carbocycles. The monoisotopic (exact) mass is 342 g/mol. The van der Waals surface area contributed by atoms with Gasteiger partial charge in [-0.1, -0.05) is 37.3 Å². The quantitative estimate of drug-likeness (QED) is 0.749. The summed E-state index contributed by atoms with van der Waals surface area (Å²) in [4.78, 5) is 25.2. The third-order valence-corrected chi connectivity index (χ3v) is 4.85. The number of rotatable bonds is 6. The first-order chi connectivity index (χ1) is 12.0. The fourth-order valence-corrected chi connectivity index (χ4v) is 3.38. The van der Waals surface area contributed by atoms with Gasteiger partial charge in [-0.2, -0.15) is 0 Å². The molecule has 0 atom stereocenters. The summed E-state index contributed by atoms with van der Waals surface area (Å²) in [6.45, 7) is 2.62. The number of carbonyl (C=O) groups is 2. The molecule has 1 amide bonds. The van der Waals surface area contributed by atoms with Crippen LogP contribution in [0, 0.1) is 0 Å². The second-order valence-corrected chi connectivity index (χ2v) is 6.44. The zero-order valence-corrected chi connectivity index (χ0v) is 14.1. The van der Waals surface area contributed by atoms with Crippen molar-refractivity contribution in [2.24, 2.45) is 0 Å². The second-order valence-electron chi connectivity index (χ2n) is 6.44. The van der Waals surface area contributed by atoms with Crippen molar-refractivity contribution in [1.29, 1.82) is 0 Å². The summed E-state index contributed by atoms with van der Waals surface area (Å²) in [5, 5.41) is 23.8. The molecular formula is C19H22N2O4. The number of nitrogens with zero attached hydrogens (tertiary/aromatic N) is 1. The molecule has 3 rings (SSSR count). The van der Waals surface area contributed by atoms with Gasteiger partial charge in [0.2, 0.25) is 0 Å². The van der Waals surface area contributed by atoms with Crippen LogP contribution in [0.2, 0.25) is 0 Å². The normalized spacial score (nSPS) is 19.6. The summed E-state index contributed by atoms with van der Waals surface area (Å²) in [5.74, 6) is -1.14. The number of hydrogen-bond donors (Lipinski definition) is 3. The van der Waals surface area contributed by atoms with E-state index in [1.165, 1.54) is 0 Å². The molecule has 0 aromatic heterocycles. The summed E-state index contributed by atoms with van der Waals surface area (Å²) in [6, 6.07) is 11.0. The van der Waals surface area contributed by atoms with Crippen LogP contribution in [-0.4, -0.2) is 52.2 Å². The van der Waals surface area contributed by atoms with Gasteiger partial charge in [0.05, 0.1) is 12.1 Å². The van der Waals surface area contributed by atoms with Crippen molar-refractivity contribution in [2.45, 2.75) is 31.8 Å². The molecule has 2 aromatic rings. The summed E-state index contributed by atoms with van der Waals surface area (Å²) < 4.78 is 0. The van der Waals surface area contributed by atoms with Gasteiger partial charge in [0.1, 0.15) is 5.75 Å². The summed E-state index contributed by atoms with van der Waals surface area (Å²) in [6.07, 6.45) is 1.45. The molecule has 132 valence electrons. The maximum atomic E-state index is 12.5. The first-order valence-electron chi connectivity index (χ1n) is 8.47. The van der Waals surface area contributed by atoms with Gasteiger partial charge in [0.15, 0.2) is 0 Å². The van der Waals surface area contributed by atoms with E-state index in [4.69, 9.17) is 5.11 Å². The number of nitrogens with one attached hydrogen (secondary N) is 1. The highest BCUT2D eigenvalue weighted by atomic mass is 16.4. The fourth-order valence-electron chi connectivity index (χ4n) is 3.38. The molecule has 0 aliphatic heterocycles. The number of phenolic OH excluding ortho intramolecular Hbond substituents is 1. The molecule has 0 spiro atoms. The molecule has 6 nitrogen and oxygen atoms in total. The minimum atomic E-state index is -0.838. The van der Waals surface area contributed by atoms with E-state index in [9.17, 15) is 14.7 Å². The second kappa shape index (κ2) is 7.11. The predicted molar refractivity (Wildman–Crippen MR) is 94.8 cm³/mol. The number of aromatic hydroxyl groups is 1. The van der Waals surface area contributed by atoms with E-state index in [-0.39, 0.29) is 35.8 Å². The summed E-state index contributed by atoms with van der Waals surface area (Å²) >= 11 is 0. The Morgan fingerprint density at radius 3 is 2.60 bits per heavy atom. The highest BCUT2D eigenvalue weighted by Gasteiger charge is 2.35. The molecule has 6 heteroatoms. The van der Waals surface area contributed by atoms with Crippen molar-refractivity contribution < 1.29 is 19.8 Å². The van der Waals surface area contributed by atoms with Gasteiger partial charge in [-0.15, -0.1) is 0 Å². The van der Waals surface area contributed by atoms with E-state index >= 15 is 0 Å². The van der Waals surface area contributed by atoms with Crippen molar-refractivity contribution in [3.8, 4) is 5.75 Å². The minimum absolute atomic E-state index is 0.00575. The lowest BCUT2D eigenvalue weighted by atomic mass is 9.85. The number of hydrogen-bond acceptors (Lipinski definition) is 4. The molecule has 0 radical (unpaired) electrons. The van der Waals surface area contributed by atoms with Gasteiger partial charge in [0, 0.05) is 17.5 Å². The number of carboxylic acid groups (broad SMARTS) is 1. The van der Waals surface area contributed by atoms with Crippen LogP contribution in [0.25, 0.3) is 10.8 Å². The molecular weight excluding hydrogens is 320 g/mol. The van der Waals surface area contributed by atoms with Gasteiger partial charge in [0.25, 0.3) is 5.91 Å². The van der Waals surface area contributed by atoms with E-state index in [0.29, 0.717) is 11.9 Å². The SMILES string of the molecule is CCN(CC(=O)O)C1CC(NC(=O)c2ccc3ccccc3c2O)C1. The van der Waals surface area contributed by atoms with Crippen LogP contribution in [0.1, 0.15) is 30.1 Å².